The van der Waals surface area contributed by atoms with Crippen molar-refractivity contribution >= 4 is 17.7 Å². The summed E-state index contributed by atoms with van der Waals surface area (Å²) < 4.78 is 47.6. The van der Waals surface area contributed by atoms with Crippen LogP contribution < -0.4 is 14.8 Å². The van der Waals surface area contributed by atoms with E-state index in [1.807, 2.05) is 0 Å². The Balaban J connectivity index is 1.95. The van der Waals surface area contributed by atoms with Gasteiger partial charge in [-0.15, -0.1) is 0 Å². The summed E-state index contributed by atoms with van der Waals surface area (Å²) in [4.78, 5) is 25.7. The van der Waals surface area contributed by atoms with Crippen LogP contribution in [0.2, 0.25) is 0 Å². The number of hydrogen-bond acceptors (Lipinski definition) is 6. The van der Waals surface area contributed by atoms with Crippen LogP contribution in [0.5, 0.6) is 11.5 Å². The Bertz CT molecular complexity index is 1000. The van der Waals surface area contributed by atoms with Gasteiger partial charge < -0.3 is 34.3 Å². The molecule has 11 heteroatoms. The summed E-state index contributed by atoms with van der Waals surface area (Å²) >= 11 is 0. The molecule has 1 unspecified atom stereocenters. The highest BCUT2D eigenvalue weighted by atomic mass is 19.3. The summed E-state index contributed by atoms with van der Waals surface area (Å²) in [5.41, 5.74) is 1.27. The monoisotopic (exact) mass is 538 g/mol. The van der Waals surface area contributed by atoms with E-state index in [0.717, 1.165) is 12.5 Å². The molecule has 0 spiro atoms. The second kappa shape index (κ2) is 15.7. The van der Waals surface area contributed by atoms with Crippen molar-refractivity contribution in [2.24, 2.45) is 0 Å². The van der Waals surface area contributed by atoms with Gasteiger partial charge in [-0.1, -0.05) is 24.3 Å². The van der Waals surface area contributed by atoms with Gasteiger partial charge in [0.25, 0.3) is 0 Å². The van der Waals surface area contributed by atoms with Crippen LogP contribution in [0.1, 0.15) is 25.8 Å². The highest BCUT2D eigenvalue weighted by molar-refractivity contribution is 5.91. The van der Waals surface area contributed by atoms with E-state index in [9.17, 15) is 23.5 Å². The van der Waals surface area contributed by atoms with Gasteiger partial charge in [0.05, 0.1) is 32.6 Å². The van der Waals surface area contributed by atoms with Crippen molar-refractivity contribution in [3.05, 3.63) is 54.1 Å². The van der Waals surface area contributed by atoms with Crippen molar-refractivity contribution in [1.82, 2.24) is 4.90 Å². The smallest absolute Gasteiger partial charge is 0.333 e. The molecule has 0 radical (unpaired) electrons. The van der Waals surface area contributed by atoms with Crippen LogP contribution in [-0.4, -0.2) is 80.7 Å². The van der Waals surface area contributed by atoms with Gasteiger partial charge in [-0.3, -0.25) is 0 Å². The molecule has 0 saturated heterocycles. The van der Waals surface area contributed by atoms with Crippen LogP contribution in [0.15, 0.2) is 48.5 Å². The lowest BCUT2D eigenvalue weighted by Crippen LogP contribution is -2.40. The number of carboxylic acids is 1. The van der Waals surface area contributed by atoms with Crippen LogP contribution in [-0.2, 0) is 20.7 Å². The molecule has 0 aliphatic carbocycles. The third kappa shape index (κ3) is 11.3. The van der Waals surface area contributed by atoms with Crippen LogP contribution in [0.3, 0.4) is 0 Å². The van der Waals surface area contributed by atoms with E-state index in [2.05, 4.69) is 5.32 Å². The first kappa shape index (κ1) is 30.8. The number of benzene rings is 2. The highest BCUT2D eigenvalue weighted by Crippen LogP contribution is 2.23. The zero-order valence-electron chi connectivity index (χ0n) is 22.0. The maximum Gasteiger partial charge on any atom is 0.333 e. The number of hydrogen-bond donors (Lipinski definition) is 2. The number of carbonyl (C=O) groups excluding carboxylic acids is 1. The summed E-state index contributed by atoms with van der Waals surface area (Å²) in [5, 5.41) is 12.0. The maximum absolute atomic E-state index is 13.0. The summed E-state index contributed by atoms with van der Waals surface area (Å²) in [6.07, 6.45) is -1.10. The molecule has 0 bridgehead atoms. The molecule has 1 atom stereocenters. The number of amides is 2. The predicted octanol–water partition coefficient (Wildman–Crippen LogP) is 4.70. The van der Waals surface area contributed by atoms with Crippen LogP contribution in [0, 0.1) is 0 Å². The van der Waals surface area contributed by atoms with Gasteiger partial charge >= 0.3 is 12.0 Å². The maximum atomic E-state index is 13.0. The van der Waals surface area contributed by atoms with Crippen molar-refractivity contribution in [1.29, 1.82) is 0 Å². The van der Waals surface area contributed by atoms with Crippen molar-refractivity contribution < 1.29 is 42.4 Å². The first-order chi connectivity index (χ1) is 18.1. The molecule has 2 rings (SSSR count). The van der Waals surface area contributed by atoms with E-state index in [4.69, 9.17) is 18.9 Å². The number of nitrogens with zero attached hydrogens (tertiary/aromatic N) is 1. The van der Waals surface area contributed by atoms with Crippen molar-refractivity contribution in [3.8, 4) is 11.5 Å². The van der Waals surface area contributed by atoms with Gasteiger partial charge in [0.1, 0.15) is 18.1 Å². The number of methoxy groups -OCH3 is 1. The molecule has 2 amide bonds. The molecule has 2 aromatic carbocycles. The third-order valence-corrected chi connectivity index (χ3v) is 5.44. The fraction of sp³-hybridized carbons (Fsp3) is 0.481. The molecule has 0 aromatic heterocycles. The standard InChI is InChI=1S/C27H36F2N2O7/c1-4-37-24(25(32)33)19-20-9-11-21(12-10-20)38-18-15-31(14-17-36-16-13-27(2,28)29)26(34)30-22-7-5-6-8-23(22)35-3/h5-12,24H,4,13-19H2,1-3H3,(H,30,34)(H,32,33). The number of alkyl halides is 2. The molecule has 2 N–H and O–H groups in total. The van der Waals surface area contributed by atoms with Crippen molar-refractivity contribution in [2.75, 3.05) is 51.9 Å². The number of rotatable bonds is 17. The van der Waals surface area contributed by atoms with Crippen LogP contribution in [0.25, 0.3) is 0 Å². The molecule has 38 heavy (non-hydrogen) atoms. The minimum atomic E-state index is -2.82. The summed E-state index contributed by atoms with van der Waals surface area (Å²) in [5.74, 6) is -2.80. The number of para-hydroxylation sites is 2. The van der Waals surface area contributed by atoms with Gasteiger partial charge in [0.2, 0.25) is 5.92 Å². The van der Waals surface area contributed by atoms with Gasteiger partial charge in [-0.25, -0.2) is 18.4 Å². The molecule has 210 valence electrons. The molecule has 0 heterocycles. The quantitative estimate of drug-likeness (QED) is 0.281. The average molecular weight is 539 g/mol. The van der Waals surface area contributed by atoms with E-state index in [1.54, 1.807) is 55.5 Å². The zero-order valence-corrected chi connectivity index (χ0v) is 22.0. The third-order valence-electron chi connectivity index (χ3n) is 5.44. The molecular formula is C27H36F2N2O7. The summed E-state index contributed by atoms with van der Waals surface area (Å²) in [7, 11) is 1.50. The summed E-state index contributed by atoms with van der Waals surface area (Å²) in [6, 6.07) is 13.5. The minimum Gasteiger partial charge on any atom is -0.495 e. The van der Waals surface area contributed by atoms with Gasteiger partial charge in [-0.2, -0.15) is 0 Å². The van der Waals surface area contributed by atoms with E-state index in [-0.39, 0.29) is 39.3 Å². The molecule has 0 aliphatic rings. The van der Waals surface area contributed by atoms with Gasteiger partial charge in [0.15, 0.2) is 6.10 Å². The minimum absolute atomic E-state index is 0.0781. The number of carboxylic acid groups (broad SMARTS) is 1. The number of anilines is 1. The fourth-order valence-electron chi connectivity index (χ4n) is 3.41. The number of carbonyl (C=O) groups is 2. The lowest BCUT2D eigenvalue weighted by molar-refractivity contribution is -0.149. The van der Waals surface area contributed by atoms with Crippen molar-refractivity contribution in [3.63, 3.8) is 0 Å². The van der Waals surface area contributed by atoms with E-state index >= 15 is 0 Å². The fourth-order valence-corrected chi connectivity index (χ4v) is 3.41. The Morgan fingerprint density at radius 1 is 1.05 bits per heavy atom. The normalized spacial score (nSPS) is 12.0. The molecule has 9 nitrogen and oxygen atoms in total. The van der Waals surface area contributed by atoms with Gasteiger partial charge in [-0.05, 0) is 43.7 Å². The van der Waals surface area contributed by atoms with E-state index < -0.39 is 30.4 Å². The second-order valence-corrected chi connectivity index (χ2v) is 8.53. The molecule has 0 aliphatic heterocycles. The van der Waals surface area contributed by atoms with E-state index in [1.165, 1.54) is 12.0 Å². The Kier molecular flexibility index (Phi) is 12.7. The average Bonchev–Trinajstić information content (AvgIpc) is 2.87. The van der Waals surface area contributed by atoms with Gasteiger partial charge in [0, 0.05) is 26.0 Å². The lowest BCUT2D eigenvalue weighted by Gasteiger charge is -2.24. The largest absolute Gasteiger partial charge is 0.495 e. The lowest BCUT2D eigenvalue weighted by atomic mass is 10.1. The number of aliphatic carboxylic acids is 1. The Labute approximate surface area is 221 Å². The summed E-state index contributed by atoms with van der Waals surface area (Å²) in [6.45, 7) is 3.33. The predicted molar refractivity (Wildman–Crippen MR) is 138 cm³/mol. The number of ether oxygens (including phenoxy) is 4. The number of nitrogens with one attached hydrogen (secondary N) is 1. The van der Waals surface area contributed by atoms with E-state index in [0.29, 0.717) is 23.8 Å². The first-order valence-electron chi connectivity index (χ1n) is 12.3. The topological polar surface area (TPSA) is 107 Å². The number of urea groups is 1. The molecule has 0 saturated carbocycles. The van der Waals surface area contributed by atoms with Crippen LogP contribution >= 0.6 is 0 Å². The first-order valence-corrected chi connectivity index (χ1v) is 12.3. The molecular weight excluding hydrogens is 502 g/mol. The second-order valence-electron chi connectivity index (χ2n) is 8.53. The Morgan fingerprint density at radius 3 is 2.37 bits per heavy atom. The zero-order chi connectivity index (χ0) is 28.0. The number of halogens is 2. The highest BCUT2D eigenvalue weighted by Gasteiger charge is 2.21. The van der Waals surface area contributed by atoms with Crippen LogP contribution in [0.4, 0.5) is 19.3 Å². The van der Waals surface area contributed by atoms with Crippen molar-refractivity contribution in [2.45, 2.75) is 38.7 Å². The Hall–Kier alpha value is -3.44. The Morgan fingerprint density at radius 2 is 1.74 bits per heavy atom. The SMILES string of the molecule is CCOC(Cc1ccc(OCCN(CCOCCC(C)(F)F)C(=O)Nc2ccccc2OC)cc1)C(=O)O. The molecule has 0 fully saturated rings. The molecule has 2 aromatic rings.